The maximum Gasteiger partial charge on any atom is 0.123 e. The SMILES string of the molecule is CCN(C(C)c1ccc(F)cc1)C1CCCC1CN. The van der Waals surface area contributed by atoms with E-state index in [2.05, 4.69) is 18.7 Å². The third kappa shape index (κ3) is 3.15. The summed E-state index contributed by atoms with van der Waals surface area (Å²) in [6.45, 7) is 6.20. The lowest BCUT2D eigenvalue weighted by atomic mass is 9.98. The van der Waals surface area contributed by atoms with E-state index in [4.69, 9.17) is 5.73 Å². The highest BCUT2D eigenvalue weighted by molar-refractivity contribution is 5.19. The third-order valence-electron chi connectivity index (χ3n) is 4.56. The monoisotopic (exact) mass is 264 g/mol. The second-order valence-corrected chi connectivity index (χ2v) is 5.55. The van der Waals surface area contributed by atoms with Crippen LogP contribution in [0.3, 0.4) is 0 Å². The van der Waals surface area contributed by atoms with Gasteiger partial charge in [-0.15, -0.1) is 0 Å². The van der Waals surface area contributed by atoms with Gasteiger partial charge >= 0.3 is 0 Å². The Kier molecular flexibility index (Phi) is 4.94. The number of hydrogen-bond donors (Lipinski definition) is 1. The predicted octanol–water partition coefficient (Wildman–Crippen LogP) is 3.34. The largest absolute Gasteiger partial charge is 0.330 e. The van der Waals surface area contributed by atoms with Gasteiger partial charge in [-0.1, -0.05) is 25.5 Å². The van der Waals surface area contributed by atoms with Crippen LogP contribution in [-0.2, 0) is 0 Å². The molecule has 0 aliphatic heterocycles. The van der Waals surface area contributed by atoms with Crippen LogP contribution in [-0.4, -0.2) is 24.0 Å². The molecule has 3 unspecified atom stereocenters. The van der Waals surface area contributed by atoms with Gasteiger partial charge in [0.1, 0.15) is 5.82 Å². The molecule has 0 bridgehead atoms. The van der Waals surface area contributed by atoms with Crippen molar-refractivity contribution in [1.82, 2.24) is 4.90 Å². The van der Waals surface area contributed by atoms with Crippen molar-refractivity contribution in [2.24, 2.45) is 11.7 Å². The second kappa shape index (κ2) is 6.49. The zero-order chi connectivity index (χ0) is 13.8. The van der Waals surface area contributed by atoms with Gasteiger partial charge in [0.15, 0.2) is 0 Å². The summed E-state index contributed by atoms with van der Waals surface area (Å²) in [5.41, 5.74) is 7.09. The molecule has 2 nitrogen and oxygen atoms in total. The van der Waals surface area contributed by atoms with E-state index in [1.807, 2.05) is 12.1 Å². The fourth-order valence-corrected chi connectivity index (χ4v) is 3.46. The summed E-state index contributed by atoms with van der Waals surface area (Å²) < 4.78 is 13.0. The van der Waals surface area contributed by atoms with Gasteiger partial charge in [-0.2, -0.15) is 0 Å². The normalized spacial score (nSPS) is 24.9. The van der Waals surface area contributed by atoms with Crippen LogP contribution in [0.25, 0.3) is 0 Å². The maximum absolute atomic E-state index is 13.0. The summed E-state index contributed by atoms with van der Waals surface area (Å²) >= 11 is 0. The van der Waals surface area contributed by atoms with Crippen molar-refractivity contribution in [3.8, 4) is 0 Å². The average Bonchev–Trinajstić information content (AvgIpc) is 2.88. The van der Waals surface area contributed by atoms with Gasteiger partial charge < -0.3 is 5.73 Å². The summed E-state index contributed by atoms with van der Waals surface area (Å²) in [7, 11) is 0. The summed E-state index contributed by atoms with van der Waals surface area (Å²) in [5.74, 6) is 0.447. The smallest absolute Gasteiger partial charge is 0.123 e. The molecule has 2 N–H and O–H groups in total. The number of rotatable bonds is 5. The van der Waals surface area contributed by atoms with Crippen LogP contribution < -0.4 is 5.73 Å². The standard InChI is InChI=1S/C16H25FN2/c1-3-19(16-6-4-5-14(16)11-18)12(2)13-7-9-15(17)10-8-13/h7-10,12,14,16H,3-6,11,18H2,1-2H3. The number of hydrogen-bond acceptors (Lipinski definition) is 2. The second-order valence-electron chi connectivity index (χ2n) is 5.55. The first kappa shape index (κ1) is 14.5. The lowest BCUT2D eigenvalue weighted by molar-refractivity contribution is 0.123. The maximum atomic E-state index is 13.0. The van der Waals surface area contributed by atoms with E-state index in [0.717, 1.165) is 13.1 Å². The van der Waals surface area contributed by atoms with E-state index in [9.17, 15) is 4.39 Å². The van der Waals surface area contributed by atoms with Crippen LogP contribution in [0.5, 0.6) is 0 Å². The molecule has 1 aromatic carbocycles. The Morgan fingerprint density at radius 3 is 2.58 bits per heavy atom. The third-order valence-corrected chi connectivity index (χ3v) is 4.56. The van der Waals surface area contributed by atoms with Crippen LogP contribution in [0.1, 0.15) is 44.7 Å². The average molecular weight is 264 g/mol. The molecule has 2 rings (SSSR count). The van der Waals surface area contributed by atoms with Gasteiger partial charge in [0.25, 0.3) is 0 Å². The van der Waals surface area contributed by atoms with Crippen molar-refractivity contribution < 1.29 is 4.39 Å². The predicted molar refractivity (Wildman–Crippen MR) is 77.4 cm³/mol. The van der Waals surface area contributed by atoms with Crippen LogP contribution >= 0.6 is 0 Å². The van der Waals surface area contributed by atoms with E-state index in [-0.39, 0.29) is 5.82 Å². The highest BCUT2D eigenvalue weighted by atomic mass is 19.1. The van der Waals surface area contributed by atoms with E-state index in [0.29, 0.717) is 18.0 Å². The van der Waals surface area contributed by atoms with Gasteiger partial charge in [0, 0.05) is 12.1 Å². The molecule has 3 atom stereocenters. The molecular weight excluding hydrogens is 239 g/mol. The molecule has 1 saturated carbocycles. The minimum absolute atomic E-state index is 0.167. The first-order chi connectivity index (χ1) is 9.17. The lowest BCUT2D eigenvalue weighted by Crippen LogP contribution is -2.41. The quantitative estimate of drug-likeness (QED) is 0.884. The van der Waals surface area contributed by atoms with Crippen molar-refractivity contribution >= 4 is 0 Å². The molecule has 1 aliphatic rings. The van der Waals surface area contributed by atoms with E-state index in [1.54, 1.807) is 12.1 Å². The zero-order valence-corrected chi connectivity index (χ0v) is 12.0. The van der Waals surface area contributed by atoms with E-state index >= 15 is 0 Å². The Hall–Kier alpha value is -0.930. The molecule has 0 heterocycles. The Morgan fingerprint density at radius 1 is 1.32 bits per heavy atom. The van der Waals surface area contributed by atoms with Crippen molar-refractivity contribution in [2.75, 3.05) is 13.1 Å². The van der Waals surface area contributed by atoms with Gasteiger partial charge in [-0.3, -0.25) is 4.90 Å². The number of nitrogens with two attached hydrogens (primary N) is 1. The molecule has 1 aliphatic carbocycles. The molecule has 0 aromatic heterocycles. The topological polar surface area (TPSA) is 29.3 Å². The Morgan fingerprint density at radius 2 is 2.00 bits per heavy atom. The van der Waals surface area contributed by atoms with Crippen LogP contribution in [0.2, 0.25) is 0 Å². The molecule has 1 aromatic rings. The van der Waals surface area contributed by atoms with Crippen molar-refractivity contribution in [1.29, 1.82) is 0 Å². The summed E-state index contributed by atoms with van der Waals surface area (Å²) in [4.78, 5) is 2.53. The Labute approximate surface area is 115 Å². The Balaban J connectivity index is 2.14. The Bertz CT molecular complexity index is 390. The number of benzene rings is 1. The van der Waals surface area contributed by atoms with E-state index in [1.165, 1.54) is 24.8 Å². The first-order valence-electron chi connectivity index (χ1n) is 7.38. The molecule has 106 valence electrons. The minimum Gasteiger partial charge on any atom is -0.330 e. The number of nitrogens with zero attached hydrogens (tertiary/aromatic N) is 1. The zero-order valence-electron chi connectivity index (χ0n) is 12.0. The molecule has 1 fully saturated rings. The van der Waals surface area contributed by atoms with Gasteiger partial charge in [-0.05, 0) is 56.5 Å². The molecule has 0 spiro atoms. The number of halogens is 1. The highest BCUT2D eigenvalue weighted by Crippen LogP contribution is 2.34. The first-order valence-corrected chi connectivity index (χ1v) is 7.38. The van der Waals surface area contributed by atoms with Crippen molar-refractivity contribution in [3.63, 3.8) is 0 Å². The van der Waals surface area contributed by atoms with Gasteiger partial charge in [0.2, 0.25) is 0 Å². The molecule has 3 heteroatoms. The molecule has 0 saturated heterocycles. The molecule has 0 amide bonds. The van der Waals surface area contributed by atoms with E-state index < -0.39 is 0 Å². The molecular formula is C16H25FN2. The van der Waals surface area contributed by atoms with Crippen molar-refractivity contribution in [2.45, 2.75) is 45.2 Å². The summed E-state index contributed by atoms with van der Waals surface area (Å²) in [6.07, 6.45) is 3.76. The molecule has 19 heavy (non-hydrogen) atoms. The van der Waals surface area contributed by atoms with Crippen LogP contribution in [0.4, 0.5) is 4.39 Å². The fraction of sp³-hybridized carbons (Fsp3) is 0.625. The highest BCUT2D eigenvalue weighted by Gasteiger charge is 2.33. The van der Waals surface area contributed by atoms with Gasteiger partial charge in [-0.25, -0.2) is 4.39 Å². The minimum atomic E-state index is -0.167. The van der Waals surface area contributed by atoms with Crippen LogP contribution in [0.15, 0.2) is 24.3 Å². The summed E-state index contributed by atoms with van der Waals surface area (Å²) in [6, 6.07) is 7.80. The fourth-order valence-electron chi connectivity index (χ4n) is 3.46. The van der Waals surface area contributed by atoms with Crippen molar-refractivity contribution in [3.05, 3.63) is 35.6 Å². The molecule has 0 radical (unpaired) electrons. The lowest BCUT2D eigenvalue weighted by Gasteiger charge is -2.37. The summed E-state index contributed by atoms with van der Waals surface area (Å²) in [5, 5.41) is 0. The van der Waals surface area contributed by atoms with Crippen LogP contribution in [0, 0.1) is 11.7 Å². The van der Waals surface area contributed by atoms with Gasteiger partial charge in [0.05, 0.1) is 0 Å².